The number of carbonyl (C=O) groups excluding carboxylic acids is 1. The fourth-order valence-corrected chi connectivity index (χ4v) is 4.96. The quantitative estimate of drug-likeness (QED) is 0.376. The number of likely N-dealkylation sites (tertiary alicyclic amines) is 1. The van der Waals surface area contributed by atoms with Crippen LogP contribution in [0.2, 0.25) is 0 Å². The topological polar surface area (TPSA) is 63.4 Å². The molecule has 2 aliphatic heterocycles. The van der Waals surface area contributed by atoms with Crippen LogP contribution in [0.1, 0.15) is 38.5 Å². The molecule has 6 nitrogen and oxygen atoms in total. The van der Waals surface area contributed by atoms with Gasteiger partial charge in [0.2, 0.25) is 5.91 Å². The van der Waals surface area contributed by atoms with E-state index in [2.05, 4.69) is 27.2 Å². The van der Waals surface area contributed by atoms with Gasteiger partial charge in [0, 0.05) is 36.1 Å². The molecule has 3 heterocycles. The number of nitrogens with zero attached hydrogens (tertiary/aromatic N) is 5. The summed E-state index contributed by atoms with van der Waals surface area (Å²) in [6.45, 7) is 1.36. The van der Waals surface area contributed by atoms with Crippen LogP contribution in [0, 0.1) is 17.6 Å². The SMILES string of the molecule is O=C(Cn1nc(-c2cccc(F)c2)nc1-c1cccc(F)c1)N1CCC(CCC2=C/CC\C=C/C=N\2)CC1. The van der Waals surface area contributed by atoms with Crippen molar-refractivity contribution in [2.24, 2.45) is 10.9 Å². The van der Waals surface area contributed by atoms with Gasteiger partial charge in [-0.2, -0.15) is 0 Å². The van der Waals surface area contributed by atoms with Crippen molar-refractivity contribution in [2.75, 3.05) is 13.1 Å². The Balaban J connectivity index is 1.25. The number of hydrogen-bond acceptors (Lipinski definition) is 4. The lowest BCUT2D eigenvalue weighted by Crippen LogP contribution is -2.40. The molecule has 0 atom stereocenters. The molecular weight excluding hydrogens is 484 g/mol. The number of rotatable bonds is 7. The number of amides is 1. The molecule has 1 aromatic heterocycles. The van der Waals surface area contributed by atoms with Crippen LogP contribution < -0.4 is 0 Å². The first-order chi connectivity index (χ1) is 18.5. The summed E-state index contributed by atoms with van der Waals surface area (Å²) in [6, 6.07) is 12.0. The number of benzene rings is 2. The van der Waals surface area contributed by atoms with Crippen LogP contribution in [0.5, 0.6) is 0 Å². The highest BCUT2D eigenvalue weighted by Crippen LogP contribution is 2.27. The first kappa shape index (κ1) is 25.7. The van der Waals surface area contributed by atoms with Gasteiger partial charge >= 0.3 is 0 Å². The van der Waals surface area contributed by atoms with Crippen molar-refractivity contribution in [3.63, 3.8) is 0 Å². The van der Waals surface area contributed by atoms with Crippen molar-refractivity contribution in [3.8, 4) is 22.8 Å². The maximum absolute atomic E-state index is 14.0. The maximum atomic E-state index is 14.0. The van der Waals surface area contributed by atoms with E-state index >= 15 is 0 Å². The molecular formula is C30H31F2N5O. The third-order valence-corrected chi connectivity index (χ3v) is 7.07. The summed E-state index contributed by atoms with van der Waals surface area (Å²) < 4.78 is 29.3. The molecule has 0 aliphatic carbocycles. The summed E-state index contributed by atoms with van der Waals surface area (Å²) in [6.07, 6.45) is 14.2. The molecule has 1 amide bonds. The summed E-state index contributed by atoms with van der Waals surface area (Å²) in [7, 11) is 0. The molecule has 2 aliphatic rings. The van der Waals surface area contributed by atoms with Crippen molar-refractivity contribution in [2.45, 2.75) is 45.1 Å². The number of aromatic nitrogens is 3. The molecule has 1 saturated heterocycles. The maximum Gasteiger partial charge on any atom is 0.244 e. The van der Waals surface area contributed by atoms with Crippen LogP contribution in [0.25, 0.3) is 22.8 Å². The standard InChI is InChI=1S/C30H31F2N5O/c31-25-9-5-7-23(19-25)29-34-30(24-8-6-10-26(32)20-24)37(35-29)21-28(38)36-17-14-22(15-18-36)12-13-27-11-3-1-2-4-16-33-27/h2,4-11,16,19-20,22H,1,3,12-15,17-18,21H2/b4-2-,27-11-,33-16-. The Hall–Kier alpha value is -3.94. The van der Waals surface area contributed by atoms with Gasteiger partial charge in [-0.1, -0.05) is 36.4 Å². The van der Waals surface area contributed by atoms with E-state index in [0.29, 0.717) is 36.0 Å². The number of halogens is 2. The highest BCUT2D eigenvalue weighted by Gasteiger charge is 2.25. The lowest BCUT2D eigenvalue weighted by atomic mass is 9.91. The number of piperidine rings is 1. The van der Waals surface area contributed by atoms with Crippen LogP contribution in [0.4, 0.5) is 8.78 Å². The van der Waals surface area contributed by atoms with E-state index in [4.69, 9.17) is 0 Å². The summed E-state index contributed by atoms with van der Waals surface area (Å²) >= 11 is 0. The minimum absolute atomic E-state index is 0.0199. The van der Waals surface area contributed by atoms with E-state index < -0.39 is 11.6 Å². The van der Waals surface area contributed by atoms with Crippen molar-refractivity contribution < 1.29 is 13.6 Å². The Bertz CT molecular complexity index is 1370. The fourth-order valence-electron chi connectivity index (χ4n) is 4.96. The minimum atomic E-state index is -0.407. The van der Waals surface area contributed by atoms with Gasteiger partial charge < -0.3 is 4.90 Å². The average molecular weight is 516 g/mol. The smallest absolute Gasteiger partial charge is 0.244 e. The zero-order valence-electron chi connectivity index (χ0n) is 21.3. The summed E-state index contributed by atoms with van der Waals surface area (Å²) in [4.78, 5) is 24.2. The van der Waals surface area contributed by atoms with E-state index in [-0.39, 0.29) is 18.3 Å². The second-order valence-electron chi connectivity index (χ2n) is 9.78. The molecule has 0 N–H and O–H groups in total. The van der Waals surface area contributed by atoms with Gasteiger partial charge in [-0.25, -0.2) is 18.4 Å². The van der Waals surface area contributed by atoms with Crippen LogP contribution in [-0.2, 0) is 11.3 Å². The van der Waals surface area contributed by atoms with Gasteiger partial charge in [-0.15, -0.1) is 5.10 Å². The second-order valence-corrected chi connectivity index (χ2v) is 9.78. The first-order valence-electron chi connectivity index (χ1n) is 13.2. The predicted octanol–water partition coefficient (Wildman–Crippen LogP) is 6.21. The van der Waals surface area contributed by atoms with Crippen molar-refractivity contribution in [3.05, 3.63) is 84.1 Å². The Labute approximate surface area is 221 Å². The van der Waals surface area contributed by atoms with Gasteiger partial charge in [-0.05, 0) is 74.8 Å². The lowest BCUT2D eigenvalue weighted by Gasteiger charge is -2.32. The molecule has 0 radical (unpaired) electrons. The number of allylic oxidation sites excluding steroid dienone is 4. The molecule has 1 fully saturated rings. The van der Waals surface area contributed by atoms with Crippen LogP contribution in [0.15, 0.2) is 77.4 Å². The van der Waals surface area contributed by atoms with Gasteiger partial charge in [0.05, 0.1) is 0 Å². The van der Waals surface area contributed by atoms with Crippen LogP contribution in [0.3, 0.4) is 0 Å². The zero-order valence-corrected chi connectivity index (χ0v) is 21.3. The Morgan fingerprint density at radius 3 is 2.47 bits per heavy atom. The summed E-state index contributed by atoms with van der Waals surface area (Å²) in [5.41, 5.74) is 2.15. The first-order valence-corrected chi connectivity index (χ1v) is 13.2. The minimum Gasteiger partial charge on any atom is -0.341 e. The average Bonchev–Trinajstić information content (AvgIpc) is 3.32. The van der Waals surface area contributed by atoms with Gasteiger partial charge in [0.25, 0.3) is 0 Å². The predicted molar refractivity (Wildman–Crippen MR) is 144 cm³/mol. The zero-order chi connectivity index (χ0) is 26.3. The molecule has 8 heteroatoms. The molecule has 0 saturated carbocycles. The van der Waals surface area contributed by atoms with E-state index in [1.807, 2.05) is 17.2 Å². The molecule has 5 rings (SSSR count). The van der Waals surface area contributed by atoms with Crippen molar-refractivity contribution >= 4 is 12.1 Å². The number of hydrogen-bond donors (Lipinski definition) is 0. The van der Waals surface area contributed by atoms with E-state index in [1.165, 1.54) is 28.9 Å². The summed E-state index contributed by atoms with van der Waals surface area (Å²) in [5.74, 6) is 0.349. The van der Waals surface area contributed by atoms with Gasteiger partial charge in [0.15, 0.2) is 11.6 Å². The Morgan fingerprint density at radius 1 is 0.974 bits per heavy atom. The Morgan fingerprint density at radius 2 is 1.71 bits per heavy atom. The third-order valence-electron chi connectivity index (χ3n) is 7.07. The summed E-state index contributed by atoms with van der Waals surface area (Å²) in [5, 5.41) is 4.52. The van der Waals surface area contributed by atoms with E-state index in [1.54, 1.807) is 24.3 Å². The fraction of sp³-hybridized carbons (Fsp3) is 0.333. The van der Waals surface area contributed by atoms with Crippen LogP contribution >= 0.6 is 0 Å². The van der Waals surface area contributed by atoms with E-state index in [9.17, 15) is 13.6 Å². The normalized spacial score (nSPS) is 19.3. The molecule has 2 aromatic carbocycles. The number of carbonyl (C=O) groups is 1. The van der Waals surface area contributed by atoms with Crippen molar-refractivity contribution in [1.29, 1.82) is 0 Å². The molecule has 38 heavy (non-hydrogen) atoms. The van der Waals surface area contributed by atoms with Crippen LogP contribution in [-0.4, -0.2) is 44.9 Å². The molecule has 3 aromatic rings. The van der Waals surface area contributed by atoms with Gasteiger partial charge in [0.1, 0.15) is 18.2 Å². The highest BCUT2D eigenvalue weighted by molar-refractivity contribution is 5.77. The van der Waals surface area contributed by atoms with Crippen molar-refractivity contribution in [1.82, 2.24) is 19.7 Å². The molecule has 0 spiro atoms. The Kier molecular flexibility index (Phi) is 8.16. The third kappa shape index (κ3) is 6.49. The van der Waals surface area contributed by atoms with Gasteiger partial charge in [-0.3, -0.25) is 9.79 Å². The van der Waals surface area contributed by atoms with E-state index in [0.717, 1.165) is 44.2 Å². The molecule has 196 valence electrons. The highest BCUT2D eigenvalue weighted by atomic mass is 19.1. The lowest BCUT2D eigenvalue weighted by molar-refractivity contribution is -0.133. The molecule has 0 unspecified atom stereocenters. The number of aliphatic imine (C=N–C) groups is 1. The monoisotopic (exact) mass is 515 g/mol. The second kappa shape index (κ2) is 12.1. The molecule has 0 bridgehead atoms. The largest absolute Gasteiger partial charge is 0.341 e.